The van der Waals surface area contributed by atoms with E-state index in [0.717, 1.165) is 12.1 Å². The van der Waals surface area contributed by atoms with Gasteiger partial charge in [0, 0.05) is 0 Å². The van der Waals surface area contributed by atoms with Gasteiger partial charge in [0.1, 0.15) is 5.75 Å². The third-order valence-electron chi connectivity index (χ3n) is 3.95. The van der Waals surface area contributed by atoms with Gasteiger partial charge in [-0.15, -0.1) is 0 Å². The molecule has 0 unspecified atom stereocenters. The number of allylic oxidation sites excluding steroid dienone is 1. The molecule has 7 heteroatoms. The summed E-state index contributed by atoms with van der Waals surface area (Å²) in [6.07, 6.45) is -3.00. The highest BCUT2D eigenvalue weighted by Gasteiger charge is 2.32. The molecule has 0 aliphatic carbocycles. The zero-order valence-corrected chi connectivity index (χ0v) is 16.2. The first-order chi connectivity index (χ1) is 13.6. The first-order valence-corrected chi connectivity index (χ1v) is 8.82. The lowest BCUT2D eigenvalue weighted by Crippen LogP contribution is -2.39. The van der Waals surface area contributed by atoms with Gasteiger partial charge in [0.05, 0.1) is 23.8 Å². The van der Waals surface area contributed by atoms with E-state index >= 15 is 0 Å². The highest BCUT2D eigenvalue weighted by Crippen LogP contribution is 2.31. The smallest absolute Gasteiger partial charge is 0.416 e. The van der Waals surface area contributed by atoms with E-state index in [1.807, 2.05) is 6.07 Å². The van der Waals surface area contributed by atoms with E-state index in [9.17, 15) is 23.2 Å². The van der Waals surface area contributed by atoms with Crippen LogP contribution in [0.1, 0.15) is 37.5 Å². The molecule has 4 nitrogen and oxygen atoms in total. The molecule has 2 aromatic carbocycles. The molecule has 0 aromatic heterocycles. The van der Waals surface area contributed by atoms with Gasteiger partial charge in [-0.25, -0.2) is 4.79 Å². The highest BCUT2D eigenvalue weighted by molar-refractivity contribution is 5.89. The summed E-state index contributed by atoms with van der Waals surface area (Å²) >= 11 is 0. The molecule has 0 saturated carbocycles. The second kappa shape index (κ2) is 8.82. The van der Waals surface area contributed by atoms with Gasteiger partial charge in [0.15, 0.2) is 5.60 Å². The fourth-order valence-electron chi connectivity index (χ4n) is 2.48. The van der Waals surface area contributed by atoms with Crippen molar-refractivity contribution in [2.24, 2.45) is 0 Å². The minimum Gasteiger partial charge on any atom is -0.476 e. The Morgan fingerprint density at radius 1 is 1.14 bits per heavy atom. The van der Waals surface area contributed by atoms with Crippen LogP contribution in [0.4, 0.5) is 13.2 Å². The van der Waals surface area contributed by atoms with E-state index in [1.54, 1.807) is 45.0 Å². The monoisotopic (exact) mass is 403 g/mol. The van der Waals surface area contributed by atoms with Crippen molar-refractivity contribution in [2.75, 3.05) is 6.61 Å². The molecule has 0 bridgehead atoms. The Balaban J connectivity index is 2.24. The van der Waals surface area contributed by atoms with Crippen LogP contribution in [-0.4, -0.2) is 18.2 Å². The van der Waals surface area contributed by atoms with Crippen LogP contribution in [0.2, 0.25) is 0 Å². The number of nitriles is 1. The van der Waals surface area contributed by atoms with Crippen LogP contribution < -0.4 is 4.74 Å². The van der Waals surface area contributed by atoms with Crippen LogP contribution in [-0.2, 0) is 15.7 Å². The standard InChI is InChI=1S/C22H20F3NO3/c1-4-28-20(27)21(2,3)29-19-10-8-15(9-11-19)12-17(14-26)16-6-5-7-18(13-16)22(23,24)25/h5-13H,4H2,1-3H3. The maximum Gasteiger partial charge on any atom is 0.416 e. The molecule has 0 N–H and O–H groups in total. The Bertz CT molecular complexity index is 939. The van der Waals surface area contributed by atoms with Crippen molar-refractivity contribution in [3.05, 3.63) is 65.2 Å². The van der Waals surface area contributed by atoms with Crippen LogP contribution in [0.25, 0.3) is 11.6 Å². The maximum absolute atomic E-state index is 12.9. The van der Waals surface area contributed by atoms with Crippen LogP contribution in [0, 0.1) is 11.3 Å². The molecule has 0 amide bonds. The van der Waals surface area contributed by atoms with Crippen molar-refractivity contribution >= 4 is 17.6 Å². The van der Waals surface area contributed by atoms with E-state index < -0.39 is 23.3 Å². The Morgan fingerprint density at radius 2 is 1.79 bits per heavy atom. The molecule has 29 heavy (non-hydrogen) atoms. The molecule has 152 valence electrons. The summed E-state index contributed by atoms with van der Waals surface area (Å²) in [6.45, 7) is 5.11. The van der Waals surface area contributed by atoms with Crippen molar-refractivity contribution in [1.82, 2.24) is 0 Å². The van der Waals surface area contributed by atoms with Crippen LogP contribution in [0.3, 0.4) is 0 Å². The van der Waals surface area contributed by atoms with Crippen LogP contribution in [0.5, 0.6) is 5.75 Å². The van der Waals surface area contributed by atoms with Crippen molar-refractivity contribution in [1.29, 1.82) is 5.26 Å². The molecular formula is C22H20F3NO3. The molecule has 0 fully saturated rings. The van der Waals surface area contributed by atoms with Crippen molar-refractivity contribution in [3.63, 3.8) is 0 Å². The number of halogens is 3. The predicted molar refractivity (Wildman–Crippen MR) is 103 cm³/mol. The summed E-state index contributed by atoms with van der Waals surface area (Å²) in [5.74, 6) is -0.0851. The van der Waals surface area contributed by atoms with E-state index in [-0.39, 0.29) is 17.7 Å². The number of nitrogens with zero attached hydrogens (tertiary/aromatic N) is 1. The number of ether oxygens (including phenoxy) is 2. The quantitative estimate of drug-likeness (QED) is 0.364. The number of alkyl halides is 3. The summed E-state index contributed by atoms with van der Waals surface area (Å²) < 4.78 is 49.3. The van der Waals surface area contributed by atoms with Crippen LogP contribution >= 0.6 is 0 Å². The summed E-state index contributed by atoms with van der Waals surface area (Å²) in [5, 5.41) is 9.38. The lowest BCUT2D eigenvalue weighted by atomic mass is 10.0. The van der Waals surface area contributed by atoms with Crippen molar-refractivity contribution in [2.45, 2.75) is 32.5 Å². The predicted octanol–water partition coefficient (Wildman–Crippen LogP) is 5.49. The Kier molecular flexibility index (Phi) is 6.70. The zero-order valence-electron chi connectivity index (χ0n) is 16.2. The van der Waals surface area contributed by atoms with Gasteiger partial charge in [0.2, 0.25) is 0 Å². The van der Waals surface area contributed by atoms with Crippen molar-refractivity contribution < 1.29 is 27.4 Å². The number of benzene rings is 2. The fourth-order valence-corrected chi connectivity index (χ4v) is 2.48. The van der Waals surface area contributed by atoms with Gasteiger partial charge in [-0.2, -0.15) is 18.4 Å². The zero-order chi connectivity index (χ0) is 21.7. The lowest BCUT2D eigenvalue weighted by molar-refractivity contribution is -0.158. The third-order valence-corrected chi connectivity index (χ3v) is 3.95. The molecule has 0 heterocycles. The maximum atomic E-state index is 12.9. The summed E-state index contributed by atoms with van der Waals surface area (Å²) in [5.41, 5.74) is -1.13. The third kappa shape index (κ3) is 5.85. The summed E-state index contributed by atoms with van der Waals surface area (Å²) in [6, 6.07) is 13.0. The van der Waals surface area contributed by atoms with Gasteiger partial charge in [-0.3, -0.25) is 0 Å². The van der Waals surface area contributed by atoms with Gasteiger partial charge < -0.3 is 9.47 Å². The largest absolute Gasteiger partial charge is 0.476 e. The second-order valence-corrected chi connectivity index (χ2v) is 6.65. The summed E-state index contributed by atoms with van der Waals surface area (Å²) in [4.78, 5) is 11.9. The van der Waals surface area contributed by atoms with E-state index in [2.05, 4.69) is 0 Å². The SMILES string of the molecule is CCOC(=O)C(C)(C)Oc1ccc(C=C(C#N)c2cccc(C(F)(F)F)c2)cc1. The second-order valence-electron chi connectivity index (χ2n) is 6.65. The van der Waals surface area contributed by atoms with Gasteiger partial charge in [-0.05, 0) is 62.2 Å². The van der Waals surface area contributed by atoms with E-state index in [1.165, 1.54) is 18.2 Å². The number of carbonyl (C=O) groups is 1. The molecule has 0 saturated heterocycles. The number of carbonyl (C=O) groups excluding carboxylic acids is 1. The average molecular weight is 403 g/mol. The number of hydrogen-bond acceptors (Lipinski definition) is 4. The molecule has 2 rings (SSSR count). The van der Waals surface area contributed by atoms with Crippen LogP contribution in [0.15, 0.2) is 48.5 Å². The summed E-state index contributed by atoms with van der Waals surface area (Å²) in [7, 11) is 0. The number of esters is 1. The first-order valence-electron chi connectivity index (χ1n) is 8.82. The van der Waals surface area contributed by atoms with Gasteiger partial charge >= 0.3 is 12.1 Å². The minimum absolute atomic E-state index is 0.0941. The highest BCUT2D eigenvalue weighted by atomic mass is 19.4. The Hall–Kier alpha value is -3.27. The van der Waals surface area contributed by atoms with Gasteiger partial charge in [0.25, 0.3) is 0 Å². The normalized spacial score (nSPS) is 12.2. The molecule has 0 radical (unpaired) electrons. The fraction of sp³-hybridized carbons (Fsp3) is 0.273. The Morgan fingerprint density at radius 3 is 2.34 bits per heavy atom. The number of rotatable bonds is 6. The molecule has 0 aliphatic rings. The molecular weight excluding hydrogens is 383 g/mol. The molecule has 0 spiro atoms. The average Bonchev–Trinajstić information content (AvgIpc) is 2.67. The molecule has 0 aliphatic heterocycles. The van der Waals surface area contributed by atoms with Gasteiger partial charge in [-0.1, -0.05) is 24.3 Å². The number of hydrogen-bond donors (Lipinski definition) is 0. The molecule has 0 atom stereocenters. The minimum atomic E-state index is -4.48. The molecule has 2 aromatic rings. The lowest BCUT2D eigenvalue weighted by Gasteiger charge is -2.24. The first kappa shape index (κ1) is 22.0. The Labute approximate surface area is 167 Å². The van der Waals surface area contributed by atoms with Crippen molar-refractivity contribution in [3.8, 4) is 11.8 Å². The van der Waals surface area contributed by atoms with E-state index in [0.29, 0.717) is 11.3 Å². The topological polar surface area (TPSA) is 59.3 Å². The van der Waals surface area contributed by atoms with E-state index in [4.69, 9.17) is 9.47 Å².